The Morgan fingerprint density at radius 1 is 1.50 bits per heavy atom. The Hall–Kier alpha value is -1.03. The van der Waals surface area contributed by atoms with Gasteiger partial charge in [-0.3, -0.25) is 5.32 Å². The van der Waals surface area contributed by atoms with Crippen molar-refractivity contribution in [2.45, 2.75) is 20.8 Å². The van der Waals surface area contributed by atoms with E-state index in [0.29, 0.717) is 12.5 Å². The van der Waals surface area contributed by atoms with Crippen LogP contribution in [0.15, 0.2) is 22.7 Å². The number of halogens is 1. The van der Waals surface area contributed by atoms with Gasteiger partial charge in [0.2, 0.25) is 0 Å². The number of nitrogens with one attached hydrogen (secondary N) is 1. The van der Waals surface area contributed by atoms with Crippen LogP contribution < -0.4 is 5.32 Å². The van der Waals surface area contributed by atoms with Gasteiger partial charge in [0.1, 0.15) is 0 Å². The zero-order chi connectivity index (χ0) is 12.1. The third kappa shape index (κ3) is 4.23. The maximum Gasteiger partial charge on any atom is 0.411 e. The summed E-state index contributed by atoms with van der Waals surface area (Å²) in [5.74, 6) is 0.342. The summed E-state index contributed by atoms with van der Waals surface area (Å²) >= 11 is 3.36. The Bertz CT molecular complexity index is 377. The van der Waals surface area contributed by atoms with Crippen molar-refractivity contribution in [3.8, 4) is 0 Å². The highest BCUT2D eigenvalue weighted by Crippen LogP contribution is 2.20. The summed E-state index contributed by atoms with van der Waals surface area (Å²) in [4.78, 5) is 11.4. The van der Waals surface area contributed by atoms with Gasteiger partial charge in [-0.2, -0.15) is 0 Å². The van der Waals surface area contributed by atoms with Crippen LogP contribution in [0.1, 0.15) is 19.4 Å². The van der Waals surface area contributed by atoms with E-state index in [1.54, 1.807) is 0 Å². The number of hydrogen-bond donors (Lipinski definition) is 1. The van der Waals surface area contributed by atoms with Gasteiger partial charge < -0.3 is 4.74 Å². The van der Waals surface area contributed by atoms with Crippen molar-refractivity contribution in [2.24, 2.45) is 5.92 Å². The van der Waals surface area contributed by atoms with Gasteiger partial charge in [0.25, 0.3) is 0 Å². The quantitative estimate of drug-likeness (QED) is 0.913. The molecule has 0 saturated heterocycles. The summed E-state index contributed by atoms with van der Waals surface area (Å²) in [5, 5.41) is 2.72. The zero-order valence-electron chi connectivity index (χ0n) is 9.71. The second kappa shape index (κ2) is 5.89. The second-order valence-electron chi connectivity index (χ2n) is 4.08. The first kappa shape index (κ1) is 13.0. The van der Waals surface area contributed by atoms with Crippen molar-refractivity contribution in [1.82, 2.24) is 0 Å². The van der Waals surface area contributed by atoms with E-state index in [0.717, 1.165) is 15.7 Å². The van der Waals surface area contributed by atoms with Gasteiger partial charge in [-0.1, -0.05) is 35.8 Å². The van der Waals surface area contributed by atoms with Gasteiger partial charge >= 0.3 is 6.09 Å². The van der Waals surface area contributed by atoms with Gasteiger partial charge in [-0.25, -0.2) is 4.79 Å². The Kier molecular flexibility index (Phi) is 4.80. The molecule has 1 N–H and O–H groups in total. The molecule has 0 aromatic heterocycles. The molecule has 3 nitrogen and oxygen atoms in total. The largest absolute Gasteiger partial charge is 0.449 e. The van der Waals surface area contributed by atoms with E-state index >= 15 is 0 Å². The van der Waals surface area contributed by atoms with Crippen molar-refractivity contribution in [3.05, 3.63) is 28.2 Å². The number of aryl methyl sites for hydroxylation is 1. The molecular formula is C12H16BrNO2. The molecule has 16 heavy (non-hydrogen) atoms. The summed E-state index contributed by atoms with van der Waals surface area (Å²) in [6, 6.07) is 5.72. The van der Waals surface area contributed by atoms with E-state index < -0.39 is 6.09 Å². The molecule has 0 saturated carbocycles. The maximum atomic E-state index is 11.4. The first-order chi connectivity index (χ1) is 7.49. The molecule has 1 amide bonds. The molecule has 0 aliphatic heterocycles. The predicted octanol–water partition coefficient (Wildman–Crippen LogP) is 3.96. The van der Waals surface area contributed by atoms with E-state index in [-0.39, 0.29) is 0 Å². The average molecular weight is 286 g/mol. The summed E-state index contributed by atoms with van der Waals surface area (Å²) < 4.78 is 5.96. The molecule has 1 aromatic rings. The number of ether oxygens (including phenoxy) is 1. The fraction of sp³-hybridized carbons (Fsp3) is 0.417. The molecule has 0 aliphatic rings. The van der Waals surface area contributed by atoms with Crippen molar-refractivity contribution < 1.29 is 9.53 Å². The van der Waals surface area contributed by atoms with E-state index in [4.69, 9.17) is 4.74 Å². The molecule has 1 aromatic carbocycles. The van der Waals surface area contributed by atoms with Crippen LogP contribution in [-0.2, 0) is 4.74 Å². The van der Waals surface area contributed by atoms with Crippen molar-refractivity contribution >= 4 is 27.7 Å². The molecule has 0 aliphatic carbocycles. The maximum absolute atomic E-state index is 11.4. The normalized spacial score (nSPS) is 10.3. The second-order valence-corrected chi connectivity index (χ2v) is 4.99. The number of amides is 1. The molecular weight excluding hydrogens is 270 g/mol. The highest BCUT2D eigenvalue weighted by atomic mass is 79.9. The summed E-state index contributed by atoms with van der Waals surface area (Å²) in [6.45, 7) is 6.36. The molecule has 0 unspecified atom stereocenters. The third-order valence-electron chi connectivity index (χ3n) is 1.98. The van der Waals surface area contributed by atoms with Crippen LogP contribution >= 0.6 is 15.9 Å². The standard InChI is InChI=1S/C12H16BrNO2/c1-8(2)7-16-12(15)14-11-6-10(13)5-4-9(11)3/h4-6,8H,7H2,1-3H3,(H,14,15). The Balaban J connectivity index is 2.59. The summed E-state index contributed by atoms with van der Waals surface area (Å²) in [7, 11) is 0. The van der Waals surface area contributed by atoms with Crippen LogP contribution in [0.5, 0.6) is 0 Å². The van der Waals surface area contributed by atoms with Gasteiger partial charge in [-0.15, -0.1) is 0 Å². The van der Waals surface area contributed by atoms with Gasteiger partial charge in [0.05, 0.1) is 6.61 Å². The molecule has 0 heterocycles. The Labute approximate surface area is 104 Å². The minimum Gasteiger partial charge on any atom is -0.449 e. The van der Waals surface area contributed by atoms with Crippen LogP contribution in [0.2, 0.25) is 0 Å². The van der Waals surface area contributed by atoms with Gasteiger partial charge in [0.15, 0.2) is 0 Å². The molecule has 0 fully saturated rings. The highest BCUT2D eigenvalue weighted by Gasteiger charge is 2.06. The average Bonchev–Trinajstić information content (AvgIpc) is 2.20. The van der Waals surface area contributed by atoms with Crippen LogP contribution in [0.25, 0.3) is 0 Å². The minimum absolute atomic E-state index is 0.342. The molecule has 4 heteroatoms. The number of benzene rings is 1. The lowest BCUT2D eigenvalue weighted by atomic mass is 10.2. The van der Waals surface area contributed by atoms with Gasteiger partial charge in [-0.05, 0) is 30.5 Å². The molecule has 0 bridgehead atoms. The van der Waals surface area contributed by atoms with Crippen molar-refractivity contribution in [2.75, 3.05) is 11.9 Å². The molecule has 0 radical (unpaired) electrons. The highest BCUT2D eigenvalue weighted by molar-refractivity contribution is 9.10. The van der Waals surface area contributed by atoms with E-state index in [1.165, 1.54) is 0 Å². The van der Waals surface area contributed by atoms with Crippen LogP contribution in [0.3, 0.4) is 0 Å². The van der Waals surface area contributed by atoms with Crippen molar-refractivity contribution in [3.63, 3.8) is 0 Å². The predicted molar refractivity (Wildman–Crippen MR) is 68.7 cm³/mol. The molecule has 0 atom stereocenters. The lowest BCUT2D eigenvalue weighted by Crippen LogP contribution is -2.17. The Morgan fingerprint density at radius 3 is 2.81 bits per heavy atom. The van der Waals surface area contributed by atoms with Crippen LogP contribution in [-0.4, -0.2) is 12.7 Å². The molecule has 0 spiro atoms. The molecule has 88 valence electrons. The van der Waals surface area contributed by atoms with E-state index in [2.05, 4.69) is 21.2 Å². The lowest BCUT2D eigenvalue weighted by molar-refractivity contribution is 0.147. The Morgan fingerprint density at radius 2 is 2.19 bits per heavy atom. The number of hydrogen-bond acceptors (Lipinski definition) is 2. The SMILES string of the molecule is Cc1ccc(Br)cc1NC(=O)OCC(C)C. The van der Waals surface area contributed by atoms with Gasteiger partial charge in [0, 0.05) is 10.2 Å². The van der Waals surface area contributed by atoms with Crippen molar-refractivity contribution in [1.29, 1.82) is 0 Å². The number of carbonyl (C=O) groups excluding carboxylic acids is 1. The van der Waals surface area contributed by atoms with Crippen LogP contribution in [0, 0.1) is 12.8 Å². The first-order valence-corrected chi connectivity index (χ1v) is 5.98. The summed E-state index contributed by atoms with van der Waals surface area (Å²) in [5.41, 5.74) is 1.77. The fourth-order valence-electron chi connectivity index (χ4n) is 1.12. The zero-order valence-corrected chi connectivity index (χ0v) is 11.3. The lowest BCUT2D eigenvalue weighted by Gasteiger charge is -2.10. The van der Waals surface area contributed by atoms with Crippen LogP contribution in [0.4, 0.5) is 10.5 Å². The smallest absolute Gasteiger partial charge is 0.411 e. The number of rotatable bonds is 3. The minimum atomic E-state index is -0.407. The monoisotopic (exact) mass is 285 g/mol. The summed E-state index contributed by atoms with van der Waals surface area (Å²) in [6.07, 6.45) is -0.407. The number of carbonyl (C=O) groups is 1. The fourth-order valence-corrected chi connectivity index (χ4v) is 1.48. The number of anilines is 1. The first-order valence-electron chi connectivity index (χ1n) is 5.19. The van der Waals surface area contributed by atoms with E-state index in [9.17, 15) is 4.79 Å². The van der Waals surface area contributed by atoms with E-state index in [1.807, 2.05) is 39.0 Å². The third-order valence-corrected chi connectivity index (χ3v) is 2.48. The topological polar surface area (TPSA) is 38.3 Å². The molecule has 1 rings (SSSR count).